The van der Waals surface area contributed by atoms with Crippen LogP contribution in [0, 0.1) is 0 Å². The minimum absolute atomic E-state index is 0.0184. The van der Waals surface area contributed by atoms with Gasteiger partial charge in [-0.1, -0.05) is 12.1 Å². The monoisotopic (exact) mass is 448 g/mol. The van der Waals surface area contributed by atoms with Crippen LogP contribution in [-0.2, 0) is 9.59 Å². The van der Waals surface area contributed by atoms with Crippen molar-refractivity contribution < 1.29 is 23.9 Å². The number of ketones is 1. The number of anilines is 1. The molecule has 0 aliphatic carbocycles. The molecule has 0 saturated heterocycles. The molecular weight excluding hydrogens is 428 g/mol. The maximum absolute atomic E-state index is 12.3. The Morgan fingerprint density at radius 3 is 2.32 bits per heavy atom. The fourth-order valence-corrected chi connectivity index (χ4v) is 2.79. The van der Waals surface area contributed by atoms with Crippen LogP contribution in [0.3, 0.4) is 0 Å². The van der Waals surface area contributed by atoms with E-state index < -0.39 is 0 Å². The summed E-state index contributed by atoms with van der Waals surface area (Å²) in [7, 11) is 2.99. The highest BCUT2D eigenvalue weighted by Crippen LogP contribution is 2.28. The van der Waals surface area contributed by atoms with Crippen LogP contribution in [0.1, 0.15) is 23.2 Å². The molecule has 2 N–H and O–H groups in total. The Hall–Kier alpha value is -2.87. The van der Waals surface area contributed by atoms with Gasteiger partial charge in [0.15, 0.2) is 17.3 Å². The number of carbonyl (C=O) groups excluding carboxylic acids is 3. The van der Waals surface area contributed by atoms with E-state index in [2.05, 4.69) is 26.6 Å². The zero-order valence-electron chi connectivity index (χ0n) is 15.6. The molecule has 0 aromatic heterocycles. The van der Waals surface area contributed by atoms with Crippen LogP contribution in [-0.4, -0.2) is 38.4 Å². The number of benzene rings is 2. The van der Waals surface area contributed by atoms with Crippen LogP contribution < -0.4 is 20.1 Å². The number of nitrogens with one attached hydrogen (secondary N) is 2. The molecule has 0 unspecified atom stereocenters. The largest absolute Gasteiger partial charge is 0.493 e. The van der Waals surface area contributed by atoms with E-state index >= 15 is 0 Å². The van der Waals surface area contributed by atoms with Crippen molar-refractivity contribution in [2.24, 2.45) is 0 Å². The fraction of sp³-hybridized carbons (Fsp3) is 0.250. The van der Waals surface area contributed by atoms with Crippen molar-refractivity contribution in [3.8, 4) is 11.5 Å². The number of rotatable bonds is 9. The van der Waals surface area contributed by atoms with Gasteiger partial charge in [0, 0.05) is 22.9 Å². The second-order valence-corrected chi connectivity index (χ2v) is 6.65. The molecule has 2 amide bonds. The first-order valence-electron chi connectivity index (χ1n) is 8.51. The average molecular weight is 449 g/mol. The highest BCUT2D eigenvalue weighted by atomic mass is 79.9. The molecule has 7 nitrogen and oxygen atoms in total. The summed E-state index contributed by atoms with van der Waals surface area (Å²) in [5.41, 5.74) is 1.04. The lowest BCUT2D eigenvalue weighted by Gasteiger charge is -2.09. The normalized spacial score (nSPS) is 10.1. The molecular formula is C20H21BrN2O5. The van der Waals surface area contributed by atoms with Crippen LogP contribution in [0.2, 0.25) is 0 Å². The van der Waals surface area contributed by atoms with Crippen LogP contribution in [0.15, 0.2) is 46.9 Å². The van der Waals surface area contributed by atoms with Crippen molar-refractivity contribution >= 4 is 39.2 Å². The molecule has 0 atom stereocenters. The fourth-order valence-electron chi connectivity index (χ4n) is 2.41. The van der Waals surface area contributed by atoms with Crippen molar-refractivity contribution in [1.29, 1.82) is 0 Å². The van der Waals surface area contributed by atoms with Crippen molar-refractivity contribution in [3.05, 3.63) is 52.5 Å². The Kier molecular flexibility index (Phi) is 8.01. The van der Waals surface area contributed by atoms with Crippen molar-refractivity contribution in [1.82, 2.24) is 5.32 Å². The molecule has 8 heteroatoms. The zero-order chi connectivity index (χ0) is 20.5. The molecule has 0 aliphatic heterocycles. The van der Waals surface area contributed by atoms with E-state index in [-0.39, 0.29) is 37.0 Å². The molecule has 0 fully saturated rings. The lowest BCUT2D eigenvalue weighted by molar-refractivity contribution is -0.124. The van der Waals surface area contributed by atoms with Crippen molar-refractivity contribution in [2.45, 2.75) is 12.8 Å². The van der Waals surface area contributed by atoms with Gasteiger partial charge in [-0.25, -0.2) is 0 Å². The summed E-state index contributed by atoms with van der Waals surface area (Å²) in [6.07, 6.45) is 0.00264. The van der Waals surface area contributed by atoms with Crippen LogP contribution in [0.5, 0.6) is 11.5 Å². The number of hydrogen-bond donors (Lipinski definition) is 2. The Morgan fingerprint density at radius 2 is 1.64 bits per heavy atom. The number of Topliss-reactive ketones (excluding diaryl/α,β-unsaturated/α-hetero) is 1. The Morgan fingerprint density at radius 1 is 0.929 bits per heavy atom. The molecule has 28 heavy (non-hydrogen) atoms. The van der Waals surface area contributed by atoms with Gasteiger partial charge in [-0.15, -0.1) is 0 Å². The van der Waals surface area contributed by atoms with E-state index in [1.807, 2.05) is 6.07 Å². The molecule has 2 rings (SSSR count). The molecule has 0 spiro atoms. The predicted molar refractivity (Wildman–Crippen MR) is 109 cm³/mol. The first-order valence-corrected chi connectivity index (χ1v) is 9.30. The average Bonchev–Trinajstić information content (AvgIpc) is 2.71. The van der Waals surface area contributed by atoms with Crippen molar-refractivity contribution in [2.75, 3.05) is 26.1 Å². The van der Waals surface area contributed by atoms with E-state index in [1.165, 1.54) is 14.2 Å². The van der Waals surface area contributed by atoms with Gasteiger partial charge in [0.25, 0.3) is 0 Å². The Labute approximate surface area is 171 Å². The van der Waals surface area contributed by atoms with Gasteiger partial charge in [0.1, 0.15) is 0 Å². The van der Waals surface area contributed by atoms with Gasteiger partial charge in [0.2, 0.25) is 11.8 Å². The molecule has 0 aliphatic rings. The standard InChI is InChI=1S/C20H21BrN2O5/c1-27-17-9-7-13(11-18(17)28-2)16(24)8-10-19(25)22-12-20(26)23-15-6-4-3-5-14(15)21/h3-7,9,11H,8,10,12H2,1-2H3,(H,22,25)(H,23,26). The molecule has 2 aromatic carbocycles. The van der Waals surface area contributed by atoms with Gasteiger partial charge >= 0.3 is 0 Å². The van der Waals surface area contributed by atoms with E-state index in [4.69, 9.17) is 9.47 Å². The number of para-hydroxylation sites is 1. The minimum Gasteiger partial charge on any atom is -0.493 e. The number of carbonyl (C=O) groups is 3. The number of ether oxygens (including phenoxy) is 2. The highest BCUT2D eigenvalue weighted by molar-refractivity contribution is 9.10. The third-order valence-electron chi connectivity index (χ3n) is 3.88. The quantitative estimate of drug-likeness (QED) is 0.574. The SMILES string of the molecule is COc1ccc(C(=O)CCC(=O)NCC(=O)Nc2ccccc2Br)cc1OC. The maximum atomic E-state index is 12.3. The summed E-state index contributed by atoms with van der Waals surface area (Å²) in [6.45, 7) is -0.176. The molecule has 0 saturated carbocycles. The van der Waals surface area contributed by atoms with E-state index in [1.54, 1.807) is 36.4 Å². The summed E-state index contributed by atoms with van der Waals surface area (Å²) in [5.74, 6) is 0.0331. The van der Waals surface area contributed by atoms with E-state index in [0.29, 0.717) is 22.7 Å². The first-order chi connectivity index (χ1) is 13.4. The summed E-state index contributed by atoms with van der Waals surface area (Å²) >= 11 is 3.33. The van der Waals surface area contributed by atoms with Crippen molar-refractivity contribution in [3.63, 3.8) is 0 Å². The number of amides is 2. The Balaban J connectivity index is 1.79. The minimum atomic E-state index is -0.379. The topological polar surface area (TPSA) is 93.7 Å². The summed E-state index contributed by atoms with van der Waals surface area (Å²) in [5, 5.41) is 5.19. The smallest absolute Gasteiger partial charge is 0.243 e. The lowest BCUT2D eigenvalue weighted by Crippen LogP contribution is -2.33. The van der Waals surface area contributed by atoms with Crippen LogP contribution >= 0.6 is 15.9 Å². The van der Waals surface area contributed by atoms with Crippen LogP contribution in [0.25, 0.3) is 0 Å². The number of halogens is 1. The zero-order valence-corrected chi connectivity index (χ0v) is 17.2. The second-order valence-electron chi connectivity index (χ2n) is 5.80. The number of hydrogen-bond acceptors (Lipinski definition) is 5. The van der Waals surface area contributed by atoms with Gasteiger partial charge < -0.3 is 20.1 Å². The summed E-state index contributed by atoms with van der Waals surface area (Å²) in [6, 6.07) is 12.0. The first kappa shape index (κ1) is 21.4. The number of methoxy groups -OCH3 is 2. The van der Waals surface area contributed by atoms with Gasteiger partial charge in [-0.05, 0) is 46.3 Å². The third-order valence-corrected chi connectivity index (χ3v) is 4.57. The van der Waals surface area contributed by atoms with Gasteiger partial charge in [-0.3, -0.25) is 14.4 Å². The van der Waals surface area contributed by atoms with E-state index in [0.717, 1.165) is 4.47 Å². The predicted octanol–water partition coefficient (Wildman–Crippen LogP) is 3.18. The molecule has 148 valence electrons. The highest BCUT2D eigenvalue weighted by Gasteiger charge is 2.13. The van der Waals surface area contributed by atoms with Gasteiger partial charge in [-0.2, -0.15) is 0 Å². The molecule has 0 bridgehead atoms. The summed E-state index contributed by atoms with van der Waals surface area (Å²) in [4.78, 5) is 36.1. The Bertz CT molecular complexity index is 869. The molecule has 0 heterocycles. The lowest BCUT2D eigenvalue weighted by atomic mass is 10.1. The maximum Gasteiger partial charge on any atom is 0.243 e. The van der Waals surface area contributed by atoms with Gasteiger partial charge in [0.05, 0.1) is 26.5 Å². The van der Waals surface area contributed by atoms with Crippen LogP contribution in [0.4, 0.5) is 5.69 Å². The molecule has 0 radical (unpaired) electrons. The third kappa shape index (κ3) is 6.09. The second kappa shape index (κ2) is 10.5. The summed E-state index contributed by atoms with van der Waals surface area (Å²) < 4.78 is 11.0. The van der Waals surface area contributed by atoms with E-state index in [9.17, 15) is 14.4 Å². The molecule has 2 aromatic rings.